The van der Waals surface area contributed by atoms with Crippen LogP contribution in [0.3, 0.4) is 0 Å². The van der Waals surface area contributed by atoms with Crippen LogP contribution in [-0.2, 0) is 6.54 Å². The molecule has 1 aromatic heterocycles. The molecule has 0 saturated heterocycles. The first-order valence-electron chi connectivity index (χ1n) is 5.57. The third kappa shape index (κ3) is 4.78. The Bertz CT molecular complexity index is 262. The van der Waals surface area contributed by atoms with Crippen LogP contribution in [0.25, 0.3) is 0 Å². The number of rotatable bonds is 8. The van der Waals surface area contributed by atoms with Gasteiger partial charge in [-0.2, -0.15) is 0 Å². The standard InChI is InChI=1S/C10H20N4O/c1-3-4-5-6-7-12-10-14-13-9(15-10)8-11-2/h11H,3-8H2,1-2H3,(H,12,14). The lowest BCUT2D eigenvalue weighted by Gasteiger charge is -1.99. The van der Waals surface area contributed by atoms with Gasteiger partial charge in [-0.25, -0.2) is 0 Å². The molecule has 0 spiro atoms. The van der Waals surface area contributed by atoms with Crippen LogP contribution in [-0.4, -0.2) is 23.8 Å². The van der Waals surface area contributed by atoms with E-state index >= 15 is 0 Å². The highest BCUT2D eigenvalue weighted by atomic mass is 16.4. The Morgan fingerprint density at radius 2 is 2.07 bits per heavy atom. The molecule has 0 unspecified atom stereocenters. The first-order valence-corrected chi connectivity index (χ1v) is 5.57. The number of anilines is 1. The monoisotopic (exact) mass is 212 g/mol. The molecule has 0 bridgehead atoms. The van der Waals surface area contributed by atoms with Crippen LogP contribution in [0.15, 0.2) is 4.42 Å². The maximum absolute atomic E-state index is 5.33. The summed E-state index contributed by atoms with van der Waals surface area (Å²) in [5.41, 5.74) is 0. The molecule has 0 aliphatic rings. The minimum atomic E-state index is 0.525. The molecule has 0 radical (unpaired) electrons. The molecule has 1 heterocycles. The van der Waals surface area contributed by atoms with E-state index in [0.717, 1.165) is 13.0 Å². The van der Waals surface area contributed by atoms with Crippen LogP contribution in [0.5, 0.6) is 0 Å². The molecule has 1 rings (SSSR count). The summed E-state index contributed by atoms with van der Waals surface area (Å²) in [4.78, 5) is 0. The number of nitrogens with zero attached hydrogens (tertiary/aromatic N) is 2. The molecule has 15 heavy (non-hydrogen) atoms. The van der Waals surface area contributed by atoms with E-state index in [-0.39, 0.29) is 0 Å². The van der Waals surface area contributed by atoms with Crippen molar-refractivity contribution in [3.63, 3.8) is 0 Å². The Morgan fingerprint density at radius 1 is 1.20 bits per heavy atom. The fourth-order valence-corrected chi connectivity index (χ4v) is 1.29. The zero-order chi connectivity index (χ0) is 10.9. The molecule has 86 valence electrons. The Hall–Kier alpha value is -1.10. The molecule has 2 N–H and O–H groups in total. The van der Waals surface area contributed by atoms with Crippen molar-refractivity contribution in [2.24, 2.45) is 0 Å². The highest BCUT2D eigenvalue weighted by Gasteiger charge is 2.02. The Morgan fingerprint density at radius 3 is 2.80 bits per heavy atom. The van der Waals surface area contributed by atoms with Crippen molar-refractivity contribution in [3.8, 4) is 0 Å². The average molecular weight is 212 g/mol. The second kappa shape index (κ2) is 7.23. The van der Waals surface area contributed by atoms with E-state index in [1.165, 1.54) is 19.3 Å². The third-order valence-corrected chi connectivity index (χ3v) is 2.10. The van der Waals surface area contributed by atoms with Crippen LogP contribution in [0.4, 0.5) is 6.01 Å². The maximum atomic E-state index is 5.33. The lowest BCUT2D eigenvalue weighted by Crippen LogP contribution is -2.04. The van der Waals surface area contributed by atoms with Crippen molar-refractivity contribution in [3.05, 3.63) is 5.89 Å². The second-order valence-electron chi connectivity index (χ2n) is 3.52. The van der Waals surface area contributed by atoms with Crippen LogP contribution in [0.2, 0.25) is 0 Å². The van der Waals surface area contributed by atoms with Gasteiger partial charge in [0.05, 0.1) is 6.54 Å². The van der Waals surface area contributed by atoms with Crippen molar-refractivity contribution in [2.45, 2.75) is 39.2 Å². The van der Waals surface area contributed by atoms with Crippen molar-refractivity contribution in [1.82, 2.24) is 15.5 Å². The predicted molar refractivity (Wildman–Crippen MR) is 59.7 cm³/mol. The molecule has 0 fully saturated rings. The van der Waals surface area contributed by atoms with E-state index in [4.69, 9.17) is 4.42 Å². The minimum Gasteiger partial charge on any atom is -0.407 e. The largest absolute Gasteiger partial charge is 0.407 e. The van der Waals surface area contributed by atoms with Crippen molar-refractivity contribution in [2.75, 3.05) is 18.9 Å². The SMILES string of the molecule is CCCCCCNc1nnc(CNC)o1. The first-order chi connectivity index (χ1) is 7.36. The summed E-state index contributed by atoms with van der Waals surface area (Å²) in [6, 6.07) is 0.525. The van der Waals surface area contributed by atoms with Gasteiger partial charge in [0, 0.05) is 6.54 Å². The molecule has 0 aromatic carbocycles. The van der Waals surface area contributed by atoms with Crippen LogP contribution in [0, 0.1) is 0 Å². The van der Waals surface area contributed by atoms with Gasteiger partial charge < -0.3 is 15.1 Å². The number of nitrogens with one attached hydrogen (secondary N) is 2. The first kappa shape index (κ1) is 12.0. The normalized spacial score (nSPS) is 10.5. The summed E-state index contributed by atoms with van der Waals surface area (Å²) in [7, 11) is 1.85. The molecule has 5 heteroatoms. The van der Waals surface area contributed by atoms with Crippen LogP contribution in [0.1, 0.15) is 38.5 Å². The lowest BCUT2D eigenvalue weighted by molar-refractivity contribution is 0.488. The van der Waals surface area contributed by atoms with E-state index < -0.39 is 0 Å². The zero-order valence-electron chi connectivity index (χ0n) is 9.55. The second-order valence-corrected chi connectivity index (χ2v) is 3.52. The molecule has 0 aliphatic heterocycles. The minimum absolute atomic E-state index is 0.525. The van der Waals surface area contributed by atoms with Gasteiger partial charge in [-0.05, 0) is 13.5 Å². The molecule has 0 amide bonds. The zero-order valence-corrected chi connectivity index (χ0v) is 9.55. The maximum Gasteiger partial charge on any atom is 0.315 e. The summed E-state index contributed by atoms with van der Waals surface area (Å²) >= 11 is 0. The topological polar surface area (TPSA) is 63.0 Å². The molecular weight excluding hydrogens is 192 g/mol. The fraction of sp³-hybridized carbons (Fsp3) is 0.800. The van der Waals surface area contributed by atoms with Gasteiger partial charge in [-0.1, -0.05) is 31.3 Å². The van der Waals surface area contributed by atoms with Crippen molar-refractivity contribution in [1.29, 1.82) is 0 Å². The summed E-state index contributed by atoms with van der Waals surface area (Å²) in [6.45, 7) is 3.72. The number of hydrogen-bond donors (Lipinski definition) is 2. The van der Waals surface area contributed by atoms with E-state index in [9.17, 15) is 0 Å². The molecule has 0 atom stereocenters. The summed E-state index contributed by atoms with van der Waals surface area (Å²) in [5.74, 6) is 0.619. The van der Waals surface area contributed by atoms with Gasteiger partial charge in [0.15, 0.2) is 0 Å². The van der Waals surface area contributed by atoms with Crippen LogP contribution < -0.4 is 10.6 Å². The quantitative estimate of drug-likeness (QED) is 0.643. The summed E-state index contributed by atoms with van der Waals surface area (Å²) in [6.07, 6.45) is 4.95. The molecular formula is C10H20N4O. The molecule has 5 nitrogen and oxygen atoms in total. The summed E-state index contributed by atoms with van der Waals surface area (Å²) in [5, 5.41) is 13.8. The van der Waals surface area contributed by atoms with E-state index in [2.05, 4.69) is 27.8 Å². The van der Waals surface area contributed by atoms with Crippen LogP contribution >= 0.6 is 0 Å². The van der Waals surface area contributed by atoms with Gasteiger partial charge in [0.2, 0.25) is 5.89 Å². The average Bonchev–Trinajstić information content (AvgIpc) is 2.66. The van der Waals surface area contributed by atoms with Gasteiger partial charge in [0.1, 0.15) is 0 Å². The highest BCUT2D eigenvalue weighted by Crippen LogP contribution is 2.06. The lowest BCUT2D eigenvalue weighted by atomic mass is 10.2. The number of hydrogen-bond acceptors (Lipinski definition) is 5. The number of unbranched alkanes of at least 4 members (excludes halogenated alkanes) is 3. The van der Waals surface area contributed by atoms with Gasteiger partial charge in [0.25, 0.3) is 0 Å². The van der Waals surface area contributed by atoms with E-state index in [0.29, 0.717) is 18.5 Å². The molecule has 0 aliphatic carbocycles. The van der Waals surface area contributed by atoms with Gasteiger partial charge in [-0.3, -0.25) is 0 Å². The Kier molecular flexibility index (Phi) is 5.77. The van der Waals surface area contributed by atoms with Crippen molar-refractivity contribution >= 4 is 6.01 Å². The summed E-state index contributed by atoms with van der Waals surface area (Å²) < 4.78 is 5.33. The predicted octanol–water partition coefficient (Wildman–Crippen LogP) is 1.78. The molecule has 0 saturated carbocycles. The van der Waals surface area contributed by atoms with E-state index in [1.807, 2.05) is 7.05 Å². The molecule has 1 aromatic rings. The third-order valence-electron chi connectivity index (χ3n) is 2.10. The van der Waals surface area contributed by atoms with Crippen molar-refractivity contribution < 1.29 is 4.42 Å². The fourth-order valence-electron chi connectivity index (χ4n) is 1.29. The number of aromatic nitrogens is 2. The Labute approximate surface area is 90.7 Å². The van der Waals surface area contributed by atoms with E-state index in [1.54, 1.807) is 0 Å². The van der Waals surface area contributed by atoms with Gasteiger partial charge in [-0.15, -0.1) is 5.10 Å². The van der Waals surface area contributed by atoms with Gasteiger partial charge >= 0.3 is 6.01 Å². The highest BCUT2D eigenvalue weighted by molar-refractivity contribution is 5.16. The Balaban J connectivity index is 2.14. The smallest absolute Gasteiger partial charge is 0.315 e.